The summed E-state index contributed by atoms with van der Waals surface area (Å²) in [5.41, 5.74) is 3.71. The second kappa shape index (κ2) is 4.22. The molecule has 0 radical (unpaired) electrons. The summed E-state index contributed by atoms with van der Waals surface area (Å²) in [4.78, 5) is 12.4. The average Bonchev–Trinajstić information content (AvgIpc) is 2.68. The van der Waals surface area contributed by atoms with Crippen LogP contribution in [0.2, 0.25) is 0 Å². The molecule has 1 aromatic rings. The van der Waals surface area contributed by atoms with Gasteiger partial charge in [-0.1, -0.05) is 25.1 Å². The Balaban J connectivity index is 1.77. The molecule has 2 fully saturated rings. The van der Waals surface area contributed by atoms with Crippen LogP contribution in [0.4, 0.5) is 0 Å². The lowest BCUT2D eigenvalue weighted by molar-refractivity contribution is -0.129. The van der Waals surface area contributed by atoms with Crippen LogP contribution < -0.4 is 0 Å². The maximum absolute atomic E-state index is 12.4. The van der Waals surface area contributed by atoms with Gasteiger partial charge in [-0.05, 0) is 66.7 Å². The quantitative estimate of drug-likeness (QED) is 0.731. The van der Waals surface area contributed by atoms with Crippen LogP contribution in [0.5, 0.6) is 5.75 Å². The van der Waals surface area contributed by atoms with Crippen LogP contribution in [0.3, 0.4) is 0 Å². The molecule has 4 atom stereocenters. The molecule has 21 heavy (non-hydrogen) atoms. The summed E-state index contributed by atoms with van der Waals surface area (Å²) in [5, 5.41) is 9.69. The molecule has 3 aliphatic rings. The van der Waals surface area contributed by atoms with E-state index in [-0.39, 0.29) is 5.41 Å². The van der Waals surface area contributed by atoms with Crippen molar-refractivity contribution in [2.24, 2.45) is 17.3 Å². The molecule has 110 valence electrons. The summed E-state index contributed by atoms with van der Waals surface area (Å²) in [6, 6.07) is 5.83. The van der Waals surface area contributed by atoms with Crippen molar-refractivity contribution in [3.8, 4) is 5.75 Å². The molecular formula is C19H22O2. The van der Waals surface area contributed by atoms with Gasteiger partial charge in [-0.25, -0.2) is 0 Å². The number of allylic oxidation sites excluding steroid dienone is 1. The topological polar surface area (TPSA) is 37.3 Å². The first-order chi connectivity index (χ1) is 10.0. The van der Waals surface area contributed by atoms with Crippen molar-refractivity contribution in [2.45, 2.75) is 44.9 Å². The highest BCUT2D eigenvalue weighted by molar-refractivity contribution is 5.91. The molecule has 0 spiro atoms. The molecule has 0 bridgehead atoms. The van der Waals surface area contributed by atoms with E-state index in [2.05, 4.69) is 19.6 Å². The zero-order valence-electron chi connectivity index (χ0n) is 12.6. The number of hydrogen-bond acceptors (Lipinski definition) is 2. The van der Waals surface area contributed by atoms with Gasteiger partial charge in [-0.15, -0.1) is 0 Å². The number of carbonyl (C=O) groups is 1. The molecule has 2 heteroatoms. The van der Waals surface area contributed by atoms with E-state index in [1.165, 1.54) is 16.7 Å². The monoisotopic (exact) mass is 282 g/mol. The van der Waals surface area contributed by atoms with Crippen LogP contribution in [0.25, 0.3) is 0 Å². The molecule has 0 aromatic heterocycles. The fourth-order valence-electron chi connectivity index (χ4n) is 5.36. The third-order valence-electron chi connectivity index (χ3n) is 6.34. The molecule has 1 aromatic carbocycles. The van der Waals surface area contributed by atoms with Gasteiger partial charge in [0, 0.05) is 11.8 Å². The van der Waals surface area contributed by atoms with Gasteiger partial charge >= 0.3 is 0 Å². The zero-order valence-corrected chi connectivity index (χ0v) is 12.6. The molecule has 1 N–H and O–H groups in total. The molecule has 0 saturated heterocycles. The van der Waals surface area contributed by atoms with E-state index in [0.717, 1.165) is 25.7 Å². The van der Waals surface area contributed by atoms with Gasteiger partial charge in [0.1, 0.15) is 11.5 Å². The first-order valence-corrected chi connectivity index (χ1v) is 8.03. The van der Waals surface area contributed by atoms with Crippen molar-refractivity contribution in [1.29, 1.82) is 0 Å². The van der Waals surface area contributed by atoms with Crippen LogP contribution in [-0.2, 0) is 11.2 Å². The normalized spacial score (nSPS) is 37.9. The Bertz CT molecular complexity index is 645. The Morgan fingerprint density at radius 2 is 2.14 bits per heavy atom. The van der Waals surface area contributed by atoms with Crippen molar-refractivity contribution in [3.05, 3.63) is 41.5 Å². The predicted octanol–water partition coefficient (Wildman–Crippen LogP) is 3.98. The molecule has 3 aliphatic carbocycles. The Labute approximate surface area is 125 Å². The van der Waals surface area contributed by atoms with Crippen molar-refractivity contribution in [1.82, 2.24) is 0 Å². The molecule has 0 unspecified atom stereocenters. The number of phenolic OH excluding ortho intramolecular Hbond substituents is 1. The number of hydrogen-bond donors (Lipinski definition) is 1. The van der Waals surface area contributed by atoms with Crippen molar-refractivity contribution in [3.63, 3.8) is 0 Å². The molecule has 2 nitrogen and oxygen atoms in total. The minimum absolute atomic E-state index is 0.160. The van der Waals surface area contributed by atoms with Gasteiger partial charge in [0.05, 0.1) is 0 Å². The van der Waals surface area contributed by atoms with Gasteiger partial charge in [0.2, 0.25) is 0 Å². The second-order valence-corrected chi connectivity index (χ2v) is 7.38. The lowest BCUT2D eigenvalue weighted by Gasteiger charge is -2.48. The van der Waals surface area contributed by atoms with Crippen LogP contribution >= 0.6 is 0 Å². The van der Waals surface area contributed by atoms with E-state index < -0.39 is 0 Å². The van der Waals surface area contributed by atoms with Crippen molar-refractivity contribution in [2.75, 3.05) is 0 Å². The molecule has 0 amide bonds. The number of ketones is 1. The smallest absolute Gasteiger partial charge is 0.143 e. The number of carbonyl (C=O) groups excluding carboxylic acids is 1. The summed E-state index contributed by atoms with van der Waals surface area (Å²) in [6.45, 7) is 6.40. The Morgan fingerprint density at radius 1 is 1.33 bits per heavy atom. The number of fused-ring (bicyclic) bond motifs is 5. The fraction of sp³-hybridized carbons (Fsp3) is 0.526. The molecule has 2 saturated carbocycles. The van der Waals surface area contributed by atoms with Gasteiger partial charge in [-0.2, -0.15) is 0 Å². The van der Waals surface area contributed by atoms with E-state index in [1.807, 2.05) is 12.1 Å². The summed E-state index contributed by atoms with van der Waals surface area (Å²) < 4.78 is 0. The lowest BCUT2D eigenvalue weighted by Crippen LogP contribution is -2.42. The lowest BCUT2D eigenvalue weighted by atomic mass is 9.55. The third-order valence-corrected chi connectivity index (χ3v) is 6.34. The molecule has 0 aliphatic heterocycles. The largest absolute Gasteiger partial charge is 0.508 e. The zero-order chi connectivity index (χ0) is 14.8. The maximum Gasteiger partial charge on any atom is 0.143 e. The van der Waals surface area contributed by atoms with E-state index in [4.69, 9.17) is 0 Å². The number of aryl methyl sites for hydroxylation is 1. The second-order valence-electron chi connectivity index (χ2n) is 7.38. The van der Waals surface area contributed by atoms with Crippen molar-refractivity contribution < 1.29 is 9.90 Å². The predicted molar refractivity (Wildman–Crippen MR) is 82.3 cm³/mol. The SMILES string of the molecule is C=C1CC(=O)[C@@]2(C)CC[C@@H]3c4ccc(O)cc4CC[C@H]3[C@H]12. The molecule has 0 heterocycles. The van der Waals surface area contributed by atoms with Gasteiger partial charge in [0.25, 0.3) is 0 Å². The van der Waals surface area contributed by atoms with Gasteiger partial charge < -0.3 is 5.11 Å². The summed E-state index contributed by atoms with van der Waals surface area (Å²) in [5.74, 6) is 2.24. The minimum Gasteiger partial charge on any atom is -0.508 e. The standard InChI is InChI=1S/C19H22O2/c1-11-9-17(21)19(2)8-7-15-14-6-4-13(20)10-12(14)3-5-16(15)18(11)19/h4,6,10,15-16,18,20H,1,3,5,7-9H2,2H3/t15-,16-,18+,19-/m1/s1. The van der Waals surface area contributed by atoms with Crippen LogP contribution in [-0.4, -0.2) is 10.9 Å². The highest BCUT2D eigenvalue weighted by Crippen LogP contribution is 2.60. The van der Waals surface area contributed by atoms with E-state index in [1.54, 1.807) is 0 Å². The number of Topliss-reactive ketones (excluding diaryl/α,β-unsaturated/α-hetero) is 1. The van der Waals surface area contributed by atoms with E-state index >= 15 is 0 Å². The van der Waals surface area contributed by atoms with Crippen LogP contribution in [0.1, 0.15) is 49.7 Å². The number of benzene rings is 1. The van der Waals surface area contributed by atoms with Gasteiger partial charge in [0.15, 0.2) is 0 Å². The highest BCUT2D eigenvalue weighted by Gasteiger charge is 2.56. The third kappa shape index (κ3) is 1.68. The molecule has 4 rings (SSSR count). The van der Waals surface area contributed by atoms with Crippen molar-refractivity contribution >= 4 is 5.78 Å². The average molecular weight is 282 g/mol. The van der Waals surface area contributed by atoms with Gasteiger partial charge in [-0.3, -0.25) is 4.79 Å². The van der Waals surface area contributed by atoms with E-state index in [0.29, 0.717) is 35.7 Å². The van der Waals surface area contributed by atoms with E-state index in [9.17, 15) is 9.90 Å². The first kappa shape index (κ1) is 13.1. The summed E-state index contributed by atoms with van der Waals surface area (Å²) >= 11 is 0. The minimum atomic E-state index is -0.160. The van der Waals surface area contributed by atoms with Crippen LogP contribution in [0.15, 0.2) is 30.4 Å². The summed E-state index contributed by atoms with van der Waals surface area (Å²) in [6.07, 6.45) is 4.80. The first-order valence-electron chi connectivity index (χ1n) is 8.03. The maximum atomic E-state index is 12.4. The summed E-state index contributed by atoms with van der Waals surface area (Å²) in [7, 11) is 0. The molecular weight excluding hydrogens is 260 g/mol. The number of rotatable bonds is 0. The highest BCUT2D eigenvalue weighted by atomic mass is 16.3. The Hall–Kier alpha value is -1.57. The Kier molecular flexibility index (Phi) is 2.64. The Morgan fingerprint density at radius 3 is 2.95 bits per heavy atom. The van der Waals surface area contributed by atoms with Crippen LogP contribution in [0, 0.1) is 17.3 Å². The fourth-order valence-corrected chi connectivity index (χ4v) is 5.36. The number of phenols is 1. The number of aromatic hydroxyl groups is 1.